The van der Waals surface area contributed by atoms with Crippen molar-refractivity contribution in [2.45, 2.75) is 25.9 Å². The maximum absolute atomic E-state index is 4.44. The summed E-state index contributed by atoms with van der Waals surface area (Å²) >= 11 is 0. The summed E-state index contributed by atoms with van der Waals surface area (Å²) in [6.45, 7) is 6.60. The van der Waals surface area contributed by atoms with Gasteiger partial charge in [0.15, 0.2) is 0 Å². The Hall–Kier alpha value is -1.61. The van der Waals surface area contributed by atoms with Crippen LogP contribution in [0.1, 0.15) is 13.8 Å². The predicted octanol–water partition coefficient (Wildman–Crippen LogP) is 2.42. The number of fused-ring (bicyclic) bond motifs is 1. The van der Waals surface area contributed by atoms with E-state index in [1.807, 2.05) is 12.3 Å². The molecule has 0 saturated carbocycles. The molecule has 3 heteroatoms. The zero-order chi connectivity index (χ0) is 12.5. The SMILES string of the molecule is CC1CN(c2ccnc3ccccc23)C(C)CN1. The monoisotopic (exact) mass is 241 g/mol. The summed E-state index contributed by atoms with van der Waals surface area (Å²) in [5.41, 5.74) is 2.38. The van der Waals surface area contributed by atoms with Crippen molar-refractivity contribution in [2.75, 3.05) is 18.0 Å². The fourth-order valence-corrected chi connectivity index (χ4v) is 2.69. The molecule has 1 aromatic heterocycles. The lowest BCUT2D eigenvalue weighted by molar-refractivity contribution is 0.426. The second-order valence-corrected chi connectivity index (χ2v) is 5.16. The lowest BCUT2D eigenvalue weighted by Gasteiger charge is -2.39. The molecule has 1 fully saturated rings. The third-order valence-electron chi connectivity index (χ3n) is 3.70. The summed E-state index contributed by atoms with van der Waals surface area (Å²) in [7, 11) is 0. The van der Waals surface area contributed by atoms with E-state index in [-0.39, 0.29) is 0 Å². The molecule has 0 radical (unpaired) electrons. The number of pyridine rings is 1. The smallest absolute Gasteiger partial charge is 0.0722 e. The lowest BCUT2D eigenvalue weighted by atomic mass is 10.1. The molecule has 94 valence electrons. The van der Waals surface area contributed by atoms with E-state index < -0.39 is 0 Å². The molecule has 1 N–H and O–H groups in total. The Morgan fingerprint density at radius 3 is 2.94 bits per heavy atom. The lowest BCUT2D eigenvalue weighted by Crippen LogP contribution is -2.54. The summed E-state index contributed by atoms with van der Waals surface area (Å²) in [6.07, 6.45) is 1.91. The first-order chi connectivity index (χ1) is 8.75. The van der Waals surface area contributed by atoms with Gasteiger partial charge in [0, 0.05) is 42.4 Å². The Balaban J connectivity index is 2.07. The van der Waals surface area contributed by atoms with Gasteiger partial charge < -0.3 is 10.2 Å². The van der Waals surface area contributed by atoms with Crippen LogP contribution >= 0.6 is 0 Å². The number of piperazine rings is 1. The predicted molar refractivity (Wildman–Crippen MR) is 76.0 cm³/mol. The van der Waals surface area contributed by atoms with Crippen LogP contribution in [-0.2, 0) is 0 Å². The molecule has 2 heterocycles. The van der Waals surface area contributed by atoms with Gasteiger partial charge in [-0.05, 0) is 26.0 Å². The molecule has 2 atom stereocenters. The highest BCUT2D eigenvalue weighted by Gasteiger charge is 2.23. The standard InChI is InChI=1S/C15H19N3/c1-11-10-18(12(2)9-17-11)15-7-8-16-14-6-4-3-5-13(14)15/h3-8,11-12,17H,9-10H2,1-2H3. The van der Waals surface area contributed by atoms with Gasteiger partial charge in [-0.3, -0.25) is 4.98 Å². The molecular formula is C15H19N3. The topological polar surface area (TPSA) is 28.2 Å². The number of hydrogen-bond acceptors (Lipinski definition) is 3. The van der Waals surface area contributed by atoms with Crippen molar-refractivity contribution >= 4 is 16.6 Å². The van der Waals surface area contributed by atoms with Gasteiger partial charge >= 0.3 is 0 Å². The largest absolute Gasteiger partial charge is 0.365 e. The fraction of sp³-hybridized carbons (Fsp3) is 0.400. The summed E-state index contributed by atoms with van der Waals surface area (Å²) in [4.78, 5) is 6.93. The van der Waals surface area contributed by atoms with E-state index in [2.05, 4.69) is 53.3 Å². The van der Waals surface area contributed by atoms with Crippen LogP contribution in [0.4, 0.5) is 5.69 Å². The molecule has 0 bridgehead atoms. The maximum atomic E-state index is 4.44. The molecule has 18 heavy (non-hydrogen) atoms. The Labute approximate surface area is 108 Å². The van der Waals surface area contributed by atoms with Gasteiger partial charge in [0.1, 0.15) is 0 Å². The van der Waals surface area contributed by atoms with Crippen LogP contribution in [0, 0.1) is 0 Å². The number of aromatic nitrogens is 1. The Morgan fingerprint density at radius 1 is 1.22 bits per heavy atom. The fourth-order valence-electron chi connectivity index (χ4n) is 2.69. The number of nitrogens with zero attached hydrogens (tertiary/aromatic N) is 2. The van der Waals surface area contributed by atoms with Crippen molar-refractivity contribution in [3.05, 3.63) is 36.5 Å². The number of rotatable bonds is 1. The molecule has 0 spiro atoms. The number of para-hydroxylation sites is 1. The van der Waals surface area contributed by atoms with Gasteiger partial charge in [0.25, 0.3) is 0 Å². The molecule has 2 aromatic rings. The Morgan fingerprint density at radius 2 is 2.06 bits per heavy atom. The Kier molecular flexibility index (Phi) is 2.92. The van der Waals surface area contributed by atoms with Crippen LogP contribution in [0.25, 0.3) is 10.9 Å². The molecule has 1 aliphatic rings. The summed E-state index contributed by atoms with van der Waals surface area (Å²) in [5, 5.41) is 4.77. The number of hydrogen-bond donors (Lipinski definition) is 1. The second-order valence-electron chi connectivity index (χ2n) is 5.16. The molecule has 1 aromatic carbocycles. The molecule has 1 aliphatic heterocycles. The summed E-state index contributed by atoms with van der Waals surface area (Å²) in [5.74, 6) is 0. The van der Waals surface area contributed by atoms with E-state index in [1.165, 1.54) is 11.1 Å². The minimum absolute atomic E-state index is 0.520. The molecule has 3 nitrogen and oxygen atoms in total. The summed E-state index contributed by atoms with van der Waals surface area (Å²) in [6, 6.07) is 11.6. The molecular weight excluding hydrogens is 222 g/mol. The van der Waals surface area contributed by atoms with Crippen LogP contribution in [0.5, 0.6) is 0 Å². The van der Waals surface area contributed by atoms with Crippen LogP contribution in [0.15, 0.2) is 36.5 Å². The van der Waals surface area contributed by atoms with Crippen molar-refractivity contribution in [1.82, 2.24) is 10.3 Å². The van der Waals surface area contributed by atoms with E-state index in [4.69, 9.17) is 0 Å². The van der Waals surface area contributed by atoms with E-state index in [1.54, 1.807) is 0 Å². The third-order valence-corrected chi connectivity index (χ3v) is 3.70. The van der Waals surface area contributed by atoms with Crippen molar-refractivity contribution in [3.8, 4) is 0 Å². The quantitative estimate of drug-likeness (QED) is 0.831. The van der Waals surface area contributed by atoms with Gasteiger partial charge in [-0.15, -0.1) is 0 Å². The molecule has 1 saturated heterocycles. The molecule has 0 aliphatic carbocycles. The highest BCUT2D eigenvalue weighted by molar-refractivity contribution is 5.91. The van der Waals surface area contributed by atoms with Crippen molar-refractivity contribution < 1.29 is 0 Å². The zero-order valence-corrected chi connectivity index (χ0v) is 10.9. The van der Waals surface area contributed by atoms with Crippen LogP contribution in [-0.4, -0.2) is 30.2 Å². The first-order valence-electron chi connectivity index (χ1n) is 6.59. The molecule has 0 amide bonds. The third kappa shape index (κ3) is 1.95. The van der Waals surface area contributed by atoms with Crippen LogP contribution in [0.3, 0.4) is 0 Å². The average Bonchev–Trinajstić information content (AvgIpc) is 2.41. The van der Waals surface area contributed by atoms with Gasteiger partial charge in [-0.2, -0.15) is 0 Å². The highest BCUT2D eigenvalue weighted by atomic mass is 15.2. The van der Waals surface area contributed by atoms with E-state index >= 15 is 0 Å². The van der Waals surface area contributed by atoms with Gasteiger partial charge in [-0.25, -0.2) is 0 Å². The molecule has 2 unspecified atom stereocenters. The van der Waals surface area contributed by atoms with Crippen molar-refractivity contribution in [3.63, 3.8) is 0 Å². The average molecular weight is 241 g/mol. The first kappa shape index (κ1) is 11.5. The van der Waals surface area contributed by atoms with Crippen LogP contribution in [0.2, 0.25) is 0 Å². The highest BCUT2D eigenvalue weighted by Crippen LogP contribution is 2.27. The van der Waals surface area contributed by atoms with Gasteiger partial charge in [0.2, 0.25) is 0 Å². The zero-order valence-electron chi connectivity index (χ0n) is 10.9. The van der Waals surface area contributed by atoms with E-state index in [0.29, 0.717) is 12.1 Å². The number of nitrogens with one attached hydrogen (secondary N) is 1. The van der Waals surface area contributed by atoms with Crippen molar-refractivity contribution in [1.29, 1.82) is 0 Å². The van der Waals surface area contributed by atoms with Gasteiger partial charge in [-0.1, -0.05) is 18.2 Å². The maximum Gasteiger partial charge on any atom is 0.0722 e. The van der Waals surface area contributed by atoms with E-state index in [0.717, 1.165) is 18.6 Å². The molecule has 3 rings (SSSR count). The van der Waals surface area contributed by atoms with Crippen molar-refractivity contribution in [2.24, 2.45) is 0 Å². The number of anilines is 1. The van der Waals surface area contributed by atoms with Crippen LogP contribution < -0.4 is 10.2 Å². The summed E-state index contributed by atoms with van der Waals surface area (Å²) < 4.78 is 0. The van der Waals surface area contributed by atoms with E-state index in [9.17, 15) is 0 Å². The normalized spacial score (nSPS) is 24.4. The first-order valence-corrected chi connectivity index (χ1v) is 6.59. The minimum atomic E-state index is 0.520. The number of benzene rings is 1. The second kappa shape index (κ2) is 4.58. The Bertz CT molecular complexity index is 547. The minimum Gasteiger partial charge on any atom is -0.365 e. The van der Waals surface area contributed by atoms with Gasteiger partial charge in [0.05, 0.1) is 5.52 Å².